The Bertz CT molecular complexity index is 567. The maximum Gasteiger partial charge on any atom is 0.159 e. The van der Waals surface area contributed by atoms with Gasteiger partial charge in [0.15, 0.2) is 6.10 Å². The van der Waals surface area contributed by atoms with E-state index in [0.29, 0.717) is 22.2 Å². The van der Waals surface area contributed by atoms with E-state index in [2.05, 4.69) is 16.5 Å². The molecule has 0 amide bonds. The lowest BCUT2D eigenvalue weighted by Gasteiger charge is -2.18. The number of nitrogens with one attached hydrogen (secondary N) is 1. The van der Waals surface area contributed by atoms with Crippen molar-refractivity contribution in [2.75, 3.05) is 0 Å². The topological polar surface area (TPSA) is 37.9 Å². The zero-order chi connectivity index (χ0) is 13.8. The molecule has 0 saturated carbocycles. The first-order valence-corrected chi connectivity index (χ1v) is 6.57. The van der Waals surface area contributed by atoms with Gasteiger partial charge in [-0.3, -0.25) is 0 Å². The molecule has 1 unspecified atom stereocenters. The van der Waals surface area contributed by atoms with Gasteiger partial charge in [0.25, 0.3) is 0 Å². The van der Waals surface area contributed by atoms with Crippen molar-refractivity contribution in [2.24, 2.45) is 0 Å². The quantitative estimate of drug-likeness (QED) is 0.822. The Hall–Kier alpha value is -1.45. The largest absolute Gasteiger partial charge is 0.487 e. The number of aromatic nitrogens is 2. The zero-order valence-corrected chi connectivity index (χ0v) is 12.0. The third kappa shape index (κ3) is 3.75. The van der Waals surface area contributed by atoms with Crippen molar-refractivity contribution in [3.63, 3.8) is 0 Å². The number of H-pyrrole nitrogens is 1. The van der Waals surface area contributed by atoms with E-state index in [1.54, 1.807) is 25.4 Å². The second-order valence-corrected chi connectivity index (χ2v) is 5.07. The van der Waals surface area contributed by atoms with Crippen LogP contribution in [0.5, 0.6) is 0 Å². The Kier molecular flexibility index (Phi) is 4.51. The number of imidazole rings is 1. The summed E-state index contributed by atoms with van der Waals surface area (Å²) in [6.07, 6.45) is 3.79. The molecule has 0 aliphatic heterocycles. The van der Waals surface area contributed by atoms with Crippen molar-refractivity contribution >= 4 is 23.2 Å². The predicted molar refractivity (Wildman–Crippen MR) is 77.4 cm³/mol. The standard InChI is InChI=1S/C14H14Cl2N2O/c1-9(2)19-13(14-17-5-6-18-14)7-10-3-4-11(15)8-12(10)16/h3-6,8,13H,1,7H2,2H3,(H,17,18). The summed E-state index contributed by atoms with van der Waals surface area (Å²) in [5.74, 6) is 1.38. The summed E-state index contributed by atoms with van der Waals surface area (Å²) in [7, 11) is 0. The number of benzene rings is 1. The van der Waals surface area contributed by atoms with E-state index in [1.807, 2.05) is 12.1 Å². The van der Waals surface area contributed by atoms with Gasteiger partial charge in [-0.05, 0) is 24.6 Å². The number of aromatic amines is 1. The fraction of sp³-hybridized carbons (Fsp3) is 0.214. The summed E-state index contributed by atoms with van der Waals surface area (Å²) in [5, 5.41) is 1.23. The van der Waals surface area contributed by atoms with Crippen LogP contribution in [0, 0.1) is 0 Å². The Morgan fingerprint density at radius 2 is 2.26 bits per heavy atom. The lowest BCUT2D eigenvalue weighted by molar-refractivity contribution is 0.112. The van der Waals surface area contributed by atoms with Gasteiger partial charge >= 0.3 is 0 Å². The van der Waals surface area contributed by atoms with Crippen LogP contribution >= 0.6 is 23.2 Å². The highest BCUT2D eigenvalue weighted by Crippen LogP contribution is 2.27. The average Bonchev–Trinajstić information content (AvgIpc) is 2.84. The fourth-order valence-electron chi connectivity index (χ4n) is 1.78. The average molecular weight is 297 g/mol. The monoisotopic (exact) mass is 296 g/mol. The first kappa shape index (κ1) is 14.0. The maximum atomic E-state index is 6.18. The third-order valence-electron chi connectivity index (χ3n) is 2.59. The van der Waals surface area contributed by atoms with Crippen LogP contribution in [-0.4, -0.2) is 9.97 Å². The Labute approximate surface area is 122 Å². The van der Waals surface area contributed by atoms with Crippen LogP contribution in [0.4, 0.5) is 0 Å². The van der Waals surface area contributed by atoms with E-state index in [9.17, 15) is 0 Å². The minimum Gasteiger partial charge on any atom is -0.487 e. The fourth-order valence-corrected chi connectivity index (χ4v) is 2.26. The number of halogens is 2. The first-order chi connectivity index (χ1) is 9.06. The number of hydrogen-bond donors (Lipinski definition) is 1. The van der Waals surface area contributed by atoms with Crippen molar-refractivity contribution in [1.29, 1.82) is 0 Å². The van der Waals surface area contributed by atoms with E-state index >= 15 is 0 Å². The molecule has 0 saturated heterocycles. The highest BCUT2D eigenvalue weighted by Gasteiger charge is 2.18. The minimum absolute atomic E-state index is 0.244. The maximum absolute atomic E-state index is 6.18. The molecule has 1 atom stereocenters. The van der Waals surface area contributed by atoms with Crippen molar-refractivity contribution in [3.8, 4) is 0 Å². The third-order valence-corrected chi connectivity index (χ3v) is 3.18. The summed E-state index contributed by atoms with van der Waals surface area (Å²) < 4.78 is 5.70. The summed E-state index contributed by atoms with van der Waals surface area (Å²) >= 11 is 12.1. The molecule has 0 aliphatic rings. The zero-order valence-electron chi connectivity index (χ0n) is 10.5. The van der Waals surface area contributed by atoms with Gasteiger partial charge in [0, 0.05) is 28.9 Å². The molecule has 1 N–H and O–H groups in total. The van der Waals surface area contributed by atoms with Gasteiger partial charge in [0.1, 0.15) is 5.82 Å². The van der Waals surface area contributed by atoms with Gasteiger partial charge in [-0.25, -0.2) is 4.98 Å². The van der Waals surface area contributed by atoms with Crippen LogP contribution in [0.25, 0.3) is 0 Å². The second kappa shape index (κ2) is 6.13. The van der Waals surface area contributed by atoms with Gasteiger partial charge in [-0.2, -0.15) is 0 Å². The number of hydrogen-bond acceptors (Lipinski definition) is 2. The molecule has 0 bridgehead atoms. The second-order valence-electron chi connectivity index (χ2n) is 4.22. The van der Waals surface area contributed by atoms with Crippen LogP contribution in [0.1, 0.15) is 24.4 Å². The van der Waals surface area contributed by atoms with E-state index in [-0.39, 0.29) is 6.10 Å². The summed E-state index contributed by atoms with van der Waals surface area (Å²) in [6.45, 7) is 5.57. The Morgan fingerprint density at radius 3 is 2.84 bits per heavy atom. The molecule has 1 aromatic heterocycles. The van der Waals surface area contributed by atoms with E-state index in [1.165, 1.54) is 0 Å². The molecule has 100 valence electrons. The van der Waals surface area contributed by atoms with Gasteiger partial charge in [-0.1, -0.05) is 35.8 Å². The SMILES string of the molecule is C=C(C)OC(Cc1ccc(Cl)cc1Cl)c1ncc[nH]1. The van der Waals surface area contributed by atoms with Gasteiger partial charge < -0.3 is 9.72 Å². The molecule has 1 heterocycles. The van der Waals surface area contributed by atoms with Crippen molar-refractivity contribution in [3.05, 3.63) is 64.4 Å². The lowest BCUT2D eigenvalue weighted by atomic mass is 10.1. The molecule has 0 aliphatic carbocycles. The highest BCUT2D eigenvalue weighted by molar-refractivity contribution is 6.35. The number of allylic oxidation sites excluding steroid dienone is 1. The predicted octanol–water partition coefficient (Wildman–Crippen LogP) is 4.55. The summed E-state index contributed by atoms with van der Waals surface area (Å²) in [4.78, 5) is 7.27. The molecule has 5 heteroatoms. The summed E-state index contributed by atoms with van der Waals surface area (Å²) in [5.41, 5.74) is 0.953. The van der Waals surface area contributed by atoms with Crippen LogP contribution in [0.15, 0.2) is 42.9 Å². The molecule has 1 aromatic carbocycles. The van der Waals surface area contributed by atoms with E-state index < -0.39 is 0 Å². The normalized spacial score (nSPS) is 12.2. The van der Waals surface area contributed by atoms with Crippen LogP contribution in [0.2, 0.25) is 10.0 Å². The molecular weight excluding hydrogens is 283 g/mol. The number of rotatable bonds is 5. The van der Waals surface area contributed by atoms with Crippen LogP contribution < -0.4 is 0 Å². The molecule has 0 radical (unpaired) electrons. The van der Waals surface area contributed by atoms with Gasteiger partial charge in [-0.15, -0.1) is 0 Å². The van der Waals surface area contributed by atoms with Gasteiger partial charge in [0.2, 0.25) is 0 Å². The minimum atomic E-state index is -0.244. The molecule has 19 heavy (non-hydrogen) atoms. The molecule has 3 nitrogen and oxygen atoms in total. The van der Waals surface area contributed by atoms with Crippen LogP contribution in [0.3, 0.4) is 0 Å². The number of ether oxygens (including phenoxy) is 1. The van der Waals surface area contributed by atoms with E-state index in [4.69, 9.17) is 27.9 Å². The number of nitrogens with zero attached hydrogens (tertiary/aromatic N) is 1. The van der Waals surface area contributed by atoms with Gasteiger partial charge in [0.05, 0.1) is 5.76 Å². The first-order valence-electron chi connectivity index (χ1n) is 5.81. The molecule has 0 spiro atoms. The molecule has 0 fully saturated rings. The van der Waals surface area contributed by atoms with E-state index in [0.717, 1.165) is 11.4 Å². The Morgan fingerprint density at radius 1 is 1.47 bits per heavy atom. The van der Waals surface area contributed by atoms with Crippen molar-refractivity contribution in [2.45, 2.75) is 19.4 Å². The highest BCUT2D eigenvalue weighted by atomic mass is 35.5. The molecule has 2 rings (SSSR count). The summed E-state index contributed by atoms with van der Waals surface area (Å²) in [6, 6.07) is 5.42. The van der Waals surface area contributed by atoms with Crippen LogP contribution in [-0.2, 0) is 11.2 Å². The lowest BCUT2D eigenvalue weighted by Crippen LogP contribution is -2.09. The van der Waals surface area contributed by atoms with Crippen molar-refractivity contribution in [1.82, 2.24) is 9.97 Å². The van der Waals surface area contributed by atoms with Crippen molar-refractivity contribution < 1.29 is 4.74 Å². The Balaban J connectivity index is 2.22. The molecule has 2 aromatic rings. The smallest absolute Gasteiger partial charge is 0.159 e. The molecular formula is C14H14Cl2N2O.